The minimum Gasteiger partial charge on any atom is -0.354 e. The fraction of sp³-hybridized carbons (Fsp3) is 0.500. The molecule has 100 valence electrons. The first-order chi connectivity index (χ1) is 8.54. The Balaban J connectivity index is 2.33. The third-order valence-electron chi connectivity index (χ3n) is 3.19. The molecule has 0 saturated carbocycles. The summed E-state index contributed by atoms with van der Waals surface area (Å²) >= 11 is 0. The van der Waals surface area contributed by atoms with Gasteiger partial charge < -0.3 is 11.1 Å². The van der Waals surface area contributed by atoms with Gasteiger partial charge in [-0.2, -0.15) is 0 Å². The Morgan fingerprint density at radius 3 is 2.56 bits per heavy atom. The second-order valence-corrected chi connectivity index (χ2v) is 4.58. The number of nitrogens with one attached hydrogen (secondary N) is 1. The molecule has 0 aliphatic heterocycles. The molecular formula is C14H21FN2O. The van der Waals surface area contributed by atoms with Gasteiger partial charge in [0.25, 0.3) is 0 Å². The minimum atomic E-state index is -0.455. The molecule has 2 atom stereocenters. The number of amides is 1. The van der Waals surface area contributed by atoms with Crippen molar-refractivity contribution in [2.45, 2.75) is 32.7 Å². The Morgan fingerprint density at radius 2 is 2.00 bits per heavy atom. The Labute approximate surface area is 108 Å². The first kappa shape index (κ1) is 14.6. The van der Waals surface area contributed by atoms with Gasteiger partial charge in [-0.25, -0.2) is 4.39 Å². The number of halogens is 1. The van der Waals surface area contributed by atoms with Gasteiger partial charge in [-0.15, -0.1) is 0 Å². The van der Waals surface area contributed by atoms with Gasteiger partial charge in [0.2, 0.25) is 5.91 Å². The molecule has 0 aliphatic rings. The van der Waals surface area contributed by atoms with Gasteiger partial charge in [-0.1, -0.05) is 32.4 Å². The second-order valence-electron chi connectivity index (χ2n) is 4.58. The summed E-state index contributed by atoms with van der Waals surface area (Å²) in [5.74, 6) is -0.191. The molecule has 1 aromatic carbocycles. The van der Waals surface area contributed by atoms with Crippen LogP contribution in [-0.2, 0) is 11.2 Å². The third kappa shape index (κ3) is 4.45. The van der Waals surface area contributed by atoms with Crippen molar-refractivity contribution in [3.8, 4) is 0 Å². The van der Waals surface area contributed by atoms with Gasteiger partial charge in [0.1, 0.15) is 5.82 Å². The van der Waals surface area contributed by atoms with Crippen LogP contribution in [0.2, 0.25) is 0 Å². The molecule has 0 fully saturated rings. The van der Waals surface area contributed by atoms with Gasteiger partial charge >= 0.3 is 0 Å². The van der Waals surface area contributed by atoms with E-state index in [1.165, 1.54) is 12.1 Å². The van der Waals surface area contributed by atoms with Crippen LogP contribution in [0.4, 0.5) is 4.39 Å². The van der Waals surface area contributed by atoms with Crippen LogP contribution < -0.4 is 11.1 Å². The molecule has 3 N–H and O–H groups in total. The van der Waals surface area contributed by atoms with Crippen molar-refractivity contribution in [3.63, 3.8) is 0 Å². The van der Waals surface area contributed by atoms with Crippen LogP contribution >= 0.6 is 0 Å². The smallest absolute Gasteiger partial charge is 0.237 e. The van der Waals surface area contributed by atoms with Gasteiger partial charge in [0.15, 0.2) is 0 Å². The van der Waals surface area contributed by atoms with Crippen molar-refractivity contribution in [2.75, 3.05) is 6.54 Å². The molecule has 1 aromatic rings. The molecule has 0 radical (unpaired) electrons. The minimum absolute atomic E-state index is 0.119. The topological polar surface area (TPSA) is 55.1 Å². The van der Waals surface area contributed by atoms with E-state index < -0.39 is 6.04 Å². The highest BCUT2D eigenvalue weighted by atomic mass is 19.1. The van der Waals surface area contributed by atoms with Crippen molar-refractivity contribution >= 4 is 5.91 Å². The standard InChI is InChI=1S/C14H21FN2O/c1-3-10(2)13(16)14(18)17-9-8-11-4-6-12(15)7-5-11/h4-7,10,13H,3,8-9,16H2,1-2H3,(H,17,18)/t10?,13-/m0/s1. The zero-order chi connectivity index (χ0) is 13.5. The highest BCUT2D eigenvalue weighted by molar-refractivity contribution is 5.81. The van der Waals surface area contributed by atoms with Gasteiger partial charge in [-0.05, 0) is 30.0 Å². The zero-order valence-electron chi connectivity index (χ0n) is 10.9. The number of nitrogens with two attached hydrogens (primary N) is 1. The highest BCUT2D eigenvalue weighted by Crippen LogP contribution is 2.05. The van der Waals surface area contributed by atoms with E-state index in [1.807, 2.05) is 13.8 Å². The van der Waals surface area contributed by atoms with E-state index in [0.29, 0.717) is 13.0 Å². The molecule has 1 rings (SSSR count). The molecule has 0 heterocycles. The summed E-state index contributed by atoms with van der Waals surface area (Å²) in [6, 6.07) is 5.82. The first-order valence-electron chi connectivity index (χ1n) is 6.32. The Bertz CT molecular complexity index is 378. The Hall–Kier alpha value is -1.42. The molecule has 1 amide bonds. The summed E-state index contributed by atoms with van der Waals surface area (Å²) in [6.45, 7) is 4.50. The third-order valence-corrected chi connectivity index (χ3v) is 3.19. The SMILES string of the molecule is CCC(C)[C@H](N)C(=O)NCCc1ccc(F)cc1. The fourth-order valence-electron chi connectivity index (χ4n) is 1.61. The summed E-state index contributed by atoms with van der Waals surface area (Å²) in [4.78, 5) is 11.7. The molecule has 0 bridgehead atoms. The van der Waals surface area contributed by atoms with Gasteiger partial charge in [0.05, 0.1) is 6.04 Å². The van der Waals surface area contributed by atoms with E-state index in [9.17, 15) is 9.18 Å². The quantitative estimate of drug-likeness (QED) is 0.812. The maximum Gasteiger partial charge on any atom is 0.237 e. The average Bonchev–Trinajstić information content (AvgIpc) is 2.39. The lowest BCUT2D eigenvalue weighted by Crippen LogP contribution is -2.45. The van der Waals surface area contributed by atoms with Crippen LogP contribution in [0.25, 0.3) is 0 Å². The van der Waals surface area contributed by atoms with Gasteiger partial charge in [-0.3, -0.25) is 4.79 Å². The van der Waals surface area contributed by atoms with Crippen LogP contribution in [0.15, 0.2) is 24.3 Å². The maximum absolute atomic E-state index is 12.7. The second kappa shape index (κ2) is 7.11. The number of benzene rings is 1. The lowest BCUT2D eigenvalue weighted by atomic mass is 9.99. The van der Waals surface area contributed by atoms with Crippen LogP contribution in [0.3, 0.4) is 0 Å². The summed E-state index contributed by atoms with van der Waals surface area (Å²) < 4.78 is 12.7. The van der Waals surface area contributed by atoms with E-state index in [0.717, 1.165) is 12.0 Å². The molecule has 18 heavy (non-hydrogen) atoms. The number of carbonyl (C=O) groups excluding carboxylic acids is 1. The molecule has 1 unspecified atom stereocenters. The molecule has 4 heteroatoms. The molecular weight excluding hydrogens is 231 g/mol. The zero-order valence-corrected chi connectivity index (χ0v) is 10.9. The van der Waals surface area contributed by atoms with E-state index >= 15 is 0 Å². The molecule has 0 saturated heterocycles. The molecule has 0 aliphatic carbocycles. The normalized spacial score (nSPS) is 14.0. The largest absolute Gasteiger partial charge is 0.354 e. The average molecular weight is 252 g/mol. The molecule has 0 aromatic heterocycles. The summed E-state index contributed by atoms with van der Waals surface area (Å²) in [5, 5.41) is 2.80. The van der Waals surface area contributed by atoms with Crippen LogP contribution in [-0.4, -0.2) is 18.5 Å². The summed E-state index contributed by atoms with van der Waals surface area (Å²) in [6.07, 6.45) is 1.56. The lowest BCUT2D eigenvalue weighted by molar-refractivity contribution is -0.123. The number of hydrogen-bond acceptors (Lipinski definition) is 2. The first-order valence-corrected chi connectivity index (χ1v) is 6.32. The number of rotatable bonds is 6. The van der Waals surface area contributed by atoms with Crippen molar-refractivity contribution < 1.29 is 9.18 Å². The van der Waals surface area contributed by atoms with Crippen LogP contribution in [0.1, 0.15) is 25.8 Å². The number of hydrogen-bond donors (Lipinski definition) is 2. The maximum atomic E-state index is 12.7. The summed E-state index contributed by atoms with van der Waals surface area (Å²) in [5.41, 5.74) is 6.80. The summed E-state index contributed by atoms with van der Waals surface area (Å²) in [7, 11) is 0. The van der Waals surface area contributed by atoms with Gasteiger partial charge in [0, 0.05) is 6.54 Å². The fourth-order valence-corrected chi connectivity index (χ4v) is 1.61. The van der Waals surface area contributed by atoms with E-state index in [1.54, 1.807) is 12.1 Å². The lowest BCUT2D eigenvalue weighted by Gasteiger charge is -2.17. The van der Waals surface area contributed by atoms with E-state index in [2.05, 4.69) is 5.32 Å². The van der Waals surface area contributed by atoms with Crippen LogP contribution in [0, 0.1) is 11.7 Å². The van der Waals surface area contributed by atoms with Crippen LogP contribution in [0.5, 0.6) is 0 Å². The van der Waals surface area contributed by atoms with Crippen molar-refractivity contribution in [1.29, 1.82) is 0 Å². The molecule has 0 spiro atoms. The van der Waals surface area contributed by atoms with E-state index in [-0.39, 0.29) is 17.6 Å². The highest BCUT2D eigenvalue weighted by Gasteiger charge is 2.18. The Kier molecular flexibility index (Phi) is 5.78. The predicted octanol–water partition coefficient (Wildman–Crippen LogP) is 1.86. The Morgan fingerprint density at radius 1 is 1.39 bits per heavy atom. The number of carbonyl (C=O) groups is 1. The predicted molar refractivity (Wildman–Crippen MR) is 70.5 cm³/mol. The van der Waals surface area contributed by atoms with Crippen molar-refractivity contribution in [3.05, 3.63) is 35.6 Å². The molecule has 3 nitrogen and oxygen atoms in total. The van der Waals surface area contributed by atoms with Crippen molar-refractivity contribution in [2.24, 2.45) is 11.7 Å². The monoisotopic (exact) mass is 252 g/mol. The van der Waals surface area contributed by atoms with Crippen molar-refractivity contribution in [1.82, 2.24) is 5.32 Å². The van der Waals surface area contributed by atoms with E-state index in [4.69, 9.17) is 5.73 Å².